The first kappa shape index (κ1) is 9.15. The van der Waals surface area contributed by atoms with E-state index in [1.165, 1.54) is 0 Å². The van der Waals surface area contributed by atoms with Gasteiger partial charge in [0.15, 0.2) is 0 Å². The number of nitrogens with zero attached hydrogens (tertiary/aromatic N) is 1. The summed E-state index contributed by atoms with van der Waals surface area (Å²) in [5, 5.41) is 8.48. The van der Waals surface area contributed by atoms with Crippen LogP contribution < -0.4 is 5.73 Å². The molecule has 1 fully saturated rings. The molecule has 1 aliphatic rings. The molecule has 0 aromatic carbocycles. The molecule has 1 aliphatic heterocycles. The van der Waals surface area contributed by atoms with E-state index in [-0.39, 0.29) is 31.4 Å². The Labute approximate surface area is 70.1 Å². The van der Waals surface area contributed by atoms with Gasteiger partial charge < -0.3 is 10.8 Å². The molecule has 0 radical (unpaired) electrons. The van der Waals surface area contributed by atoms with Crippen LogP contribution in [-0.4, -0.2) is 41.0 Å². The summed E-state index contributed by atoms with van der Waals surface area (Å²) >= 11 is 0. The summed E-state index contributed by atoms with van der Waals surface area (Å²) in [5.41, 5.74) is 5.36. The Kier molecular flexibility index (Phi) is 2.78. The van der Waals surface area contributed by atoms with E-state index in [0.717, 1.165) is 4.90 Å². The highest BCUT2D eigenvalue weighted by molar-refractivity contribution is 6.05. The minimum Gasteiger partial charge on any atom is -0.396 e. The highest BCUT2D eigenvalue weighted by atomic mass is 16.3. The molecule has 3 N–H and O–H groups in total. The molecule has 5 nitrogen and oxygen atoms in total. The van der Waals surface area contributed by atoms with Crippen LogP contribution in [-0.2, 0) is 9.59 Å². The van der Waals surface area contributed by atoms with E-state index >= 15 is 0 Å². The van der Waals surface area contributed by atoms with Gasteiger partial charge in [-0.1, -0.05) is 0 Å². The standard InChI is InChI=1S/C7H12N2O3/c8-5-4-6(11)9(7(5)12)2-1-3-10/h5,10H,1-4,8H2/t5-/m0/s1. The predicted octanol–water partition coefficient (Wildman–Crippen LogP) is -1.54. The second kappa shape index (κ2) is 3.64. The summed E-state index contributed by atoms with van der Waals surface area (Å²) < 4.78 is 0. The maximum Gasteiger partial charge on any atom is 0.246 e. The third-order valence-electron chi connectivity index (χ3n) is 1.82. The van der Waals surface area contributed by atoms with Gasteiger partial charge in [0.05, 0.1) is 12.5 Å². The summed E-state index contributed by atoms with van der Waals surface area (Å²) in [6.45, 7) is 0.258. The Balaban J connectivity index is 2.52. The van der Waals surface area contributed by atoms with E-state index < -0.39 is 6.04 Å². The zero-order valence-corrected chi connectivity index (χ0v) is 6.69. The van der Waals surface area contributed by atoms with Crippen LogP contribution in [0.3, 0.4) is 0 Å². The molecule has 0 spiro atoms. The van der Waals surface area contributed by atoms with Gasteiger partial charge in [0.1, 0.15) is 0 Å². The normalized spacial score (nSPS) is 23.8. The van der Waals surface area contributed by atoms with E-state index in [4.69, 9.17) is 10.8 Å². The number of hydrogen-bond acceptors (Lipinski definition) is 4. The minimum absolute atomic E-state index is 0.0215. The van der Waals surface area contributed by atoms with Crippen LogP contribution in [0.5, 0.6) is 0 Å². The second-order valence-electron chi connectivity index (χ2n) is 2.77. The molecule has 1 saturated heterocycles. The van der Waals surface area contributed by atoms with Gasteiger partial charge in [-0.15, -0.1) is 0 Å². The molecule has 1 rings (SSSR count). The number of carbonyl (C=O) groups excluding carboxylic acids is 2. The summed E-state index contributed by atoms with van der Waals surface area (Å²) in [4.78, 5) is 23.3. The van der Waals surface area contributed by atoms with Crippen molar-refractivity contribution >= 4 is 11.8 Å². The lowest BCUT2D eigenvalue weighted by Crippen LogP contribution is -2.36. The van der Waals surface area contributed by atoms with Crippen molar-refractivity contribution in [1.82, 2.24) is 4.90 Å². The van der Waals surface area contributed by atoms with Gasteiger partial charge in [-0.2, -0.15) is 0 Å². The number of likely N-dealkylation sites (tertiary alicyclic amines) is 1. The molecule has 1 atom stereocenters. The monoisotopic (exact) mass is 172 g/mol. The third-order valence-corrected chi connectivity index (χ3v) is 1.82. The van der Waals surface area contributed by atoms with E-state index in [0.29, 0.717) is 6.42 Å². The first-order valence-corrected chi connectivity index (χ1v) is 3.87. The van der Waals surface area contributed by atoms with E-state index in [1.54, 1.807) is 0 Å². The maximum atomic E-state index is 11.1. The Hall–Kier alpha value is -0.940. The number of amides is 2. The highest BCUT2D eigenvalue weighted by Gasteiger charge is 2.35. The van der Waals surface area contributed by atoms with Crippen LogP contribution in [0.1, 0.15) is 12.8 Å². The largest absolute Gasteiger partial charge is 0.396 e. The van der Waals surface area contributed by atoms with Crippen LogP contribution in [0.2, 0.25) is 0 Å². The zero-order valence-electron chi connectivity index (χ0n) is 6.69. The fraction of sp³-hybridized carbons (Fsp3) is 0.714. The lowest BCUT2D eigenvalue weighted by atomic mass is 10.3. The van der Waals surface area contributed by atoms with Gasteiger partial charge in [0.25, 0.3) is 0 Å². The van der Waals surface area contributed by atoms with Crippen molar-refractivity contribution in [3.63, 3.8) is 0 Å². The number of hydrogen-bond donors (Lipinski definition) is 2. The summed E-state index contributed by atoms with van der Waals surface area (Å²) in [6, 6.07) is -0.670. The molecule has 0 aliphatic carbocycles. The summed E-state index contributed by atoms with van der Waals surface area (Å²) in [7, 11) is 0. The lowest BCUT2D eigenvalue weighted by Gasteiger charge is -2.12. The van der Waals surface area contributed by atoms with Gasteiger partial charge in [-0.05, 0) is 6.42 Å². The van der Waals surface area contributed by atoms with Crippen LogP contribution >= 0.6 is 0 Å². The Bertz CT molecular complexity index is 205. The third kappa shape index (κ3) is 1.62. The molecule has 68 valence electrons. The van der Waals surface area contributed by atoms with Crippen LogP contribution in [0.25, 0.3) is 0 Å². The topological polar surface area (TPSA) is 83.6 Å². The second-order valence-corrected chi connectivity index (χ2v) is 2.77. The maximum absolute atomic E-state index is 11.1. The first-order valence-electron chi connectivity index (χ1n) is 3.87. The summed E-state index contributed by atoms with van der Waals surface area (Å²) in [6.07, 6.45) is 0.522. The van der Waals surface area contributed by atoms with Crippen molar-refractivity contribution < 1.29 is 14.7 Å². The molecule has 0 aromatic heterocycles. The SMILES string of the molecule is N[C@H]1CC(=O)N(CCCO)C1=O. The van der Waals surface area contributed by atoms with E-state index in [2.05, 4.69) is 0 Å². The molecule has 2 amide bonds. The van der Waals surface area contributed by atoms with Crippen LogP contribution in [0.4, 0.5) is 0 Å². The predicted molar refractivity (Wildman–Crippen MR) is 41.0 cm³/mol. The van der Waals surface area contributed by atoms with Gasteiger partial charge >= 0.3 is 0 Å². The quantitative estimate of drug-likeness (QED) is 0.505. The van der Waals surface area contributed by atoms with Crippen molar-refractivity contribution in [3.8, 4) is 0 Å². The number of imide groups is 1. The molecule has 5 heteroatoms. The number of carbonyl (C=O) groups is 2. The molecule has 1 heterocycles. The first-order chi connectivity index (χ1) is 5.66. The fourth-order valence-electron chi connectivity index (χ4n) is 1.17. The van der Waals surface area contributed by atoms with Crippen molar-refractivity contribution in [2.75, 3.05) is 13.2 Å². The van der Waals surface area contributed by atoms with Crippen molar-refractivity contribution in [2.24, 2.45) is 5.73 Å². The van der Waals surface area contributed by atoms with Crippen molar-refractivity contribution in [2.45, 2.75) is 18.9 Å². The Morgan fingerprint density at radius 1 is 1.58 bits per heavy atom. The molecule has 0 bridgehead atoms. The average molecular weight is 172 g/mol. The average Bonchev–Trinajstić information content (AvgIpc) is 2.25. The number of aliphatic hydroxyl groups is 1. The van der Waals surface area contributed by atoms with Gasteiger partial charge in [0, 0.05) is 13.2 Å². The molecule has 0 aromatic rings. The van der Waals surface area contributed by atoms with E-state index in [9.17, 15) is 9.59 Å². The Morgan fingerprint density at radius 2 is 2.25 bits per heavy atom. The molecule has 0 saturated carbocycles. The van der Waals surface area contributed by atoms with Gasteiger partial charge in [0.2, 0.25) is 11.8 Å². The number of aliphatic hydroxyl groups excluding tert-OH is 1. The molecular weight excluding hydrogens is 160 g/mol. The highest BCUT2D eigenvalue weighted by Crippen LogP contribution is 2.10. The van der Waals surface area contributed by atoms with Gasteiger partial charge in [-0.3, -0.25) is 14.5 Å². The number of nitrogens with two attached hydrogens (primary N) is 1. The number of rotatable bonds is 3. The van der Waals surface area contributed by atoms with Crippen LogP contribution in [0.15, 0.2) is 0 Å². The fourth-order valence-corrected chi connectivity index (χ4v) is 1.17. The molecule has 12 heavy (non-hydrogen) atoms. The zero-order chi connectivity index (χ0) is 9.14. The molecular formula is C7H12N2O3. The molecule has 0 unspecified atom stereocenters. The summed E-state index contributed by atoms with van der Waals surface area (Å²) in [5.74, 6) is -0.561. The lowest BCUT2D eigenvalue weighted by molar-refractivity contribution is -0.138. The van der Waals surface area contributed by atoms with E-state index in [1.807, 2.05) is 0 Å². The van der Waals surface area contributed by atoms with Crippen molar-refractivity contribution in [1.29, 1.82) is 0 Å². The van der Waals surface area contributed by atoms with Gasteiger partial charge in [-0.25, -0.2) is 0 Å². The Morgan fingerprint density at radius 3 is 2.67 bits per heavy atom. The van der Waals surface area contributed by atoms with Crippen LogP contribution in [0, 0.1) is 0 Å². The minimum atomic E-state index is -0.670. The van der Waals surface area contributed by atoms with Crippen molar-refractivity contribution in [3.05, 3.63) is 0 Å². The smallest absolute Gasteiger partial charge is 0.246 e.